The molecule has 1 saturated heterocycles. The third kappa shape index (κ3) is 3.68. The fraction of sp³-hybridized carbons (Fsp3) is 0.538. The van der Waals surface area contributed by atoms with Crippen LogP contribution in [0, 0.1) is 0 Å². The SMILES string of the molecule is CC1(CNCc2cc(Cl)ccc2Br)CCCO1. The van der Waals surface area contributed by atoms with E-state index in [4.69, 9.17) is 16.3 Å². The van der Waals surface area contributed by atoms with Crippen molar-refractivity contribution in [3.05, 3.63) is 33.3 Å². The van der Waals surface area contributed by atoms with E-state index in [0.29, 0.717) is 0 Å². The number of ether oxygens (including phenoxy) is 1. The summed E-state index contributed by atoms with van der Waals surface area (Å²) in [4.78, 5) is 0. The van der Waals surface area contributed by atoms with E-state index in [-0.39, 0.29) is 5.60 Å². The largest absolute Gasteiger partial charge is 0.374 e. The van der Waals surface area contributed by atoms with Gasteiger partial charge in [0, 0.05) is 29.2 Å². The number of halogens is 2. The Hall–Kier alpha value is -0.0900. The van der Waals surface area contributed by atoms with Gasteiger partial charge >= 0.3 is 0 Å². The maximum absolute atomic E-state index is 5.98. The molecular formula is C13H17BrClNO. The second kappa shape index (κ2) is 5.70. The van der Waals surface area contributed by atoms with Crippen molar-refractivity contribution in [1.29, 1.82) is 0 Å². The van der Waals surface area contributed by atoms with Crippen LogP contribution in [-0.4, -0.2) is 18.8 Å². The molecule has 17 heavy (non-hydrogen) atoms. The predicted molar refractivity (Wildman–Crippen MR) is 74.4 cm³/mol. The Labute approximate surface area is 116 Å². The van der Waals surface area contributed by atoms with Crippen molar-refractivity contribution in [3.63, 3.8) is 0 Å². The fourth-order valence-corrected chi connectivity index (χ4v) is 2.70. The van der Waals surface area contributed by atoms with Crippen molar-refractivity contribution in [2.24, 2.45) is 0 Å². The molecule has 0 amide bonds. The van der Waals surface area contributed by atoms with Crippen molar-refractivity contribution in [1.82, 2.24) is 5.32 Å². The van der Waals surface area contributed by atoms with Gasteiger partial charge in [0.15, 0.2) is 0 Å². The Morgan fingerprint density at radius 2 is 2.35 bits per heavy atom. The lowest BCUT2D eigenvalue weighted by Gasteiger charge is -2.23. The molecular weight excluding hydrogens is 302 g/mol. The van der Waals surface area contributed by atoms with Crippen molar-refractivity contribution in [2.45, 2.75) is 31.9 Å². The molecule has 1 atom stereocenters. The highest BCUT2D eigenvalue weighted by atomic mass is 79.9. The number of hydrogen-bond acceptors (Lipinski definition) is 2. The minimum Gasteiger partial charge on any atom is -0.374 e. The lowest BCUT2D eigenvalue weighted by molar-refractivity contribution is 0.0206. The van der Waals surface area contributed by atoms with E-state index < -0.39 is 0 Å². The summed E-state index contributed by atoms with van der Waals surface area (Å²) < 4.78 is 6.82. The van der Waals surface area contributed by atoms with Crippen molar-refractivity contribution < 1.29 is 4.74 Å². The molecule has 1 aliphatic rings. The minimum atomic E-state index is 0.00501. The van der Waals surface area contributed by atoms with Gasteiger partial charge in [-0.25, -0.2) is 0 Å². The zero-order chi connectivity index (χ0) is 12.3. The van der Waals surface area contributed by atoms with Gasteiger partial charge in [-0.3, -0.25) is 0 Å². The highest BCUT2D eigenvalue weighted by Gasteiger charge is 2.28. The molecule has 1 aromatic rings. The highest BCUT2D eigenvalue weighted by Crippen LogP contribution is 2.25. The number of benzene rings is 1. The lowest BCUT2D eigenvalue weighted by Crippen LogP contribution is -2.36. The maximum atomic E-state index is 5.98. The smallest absolute Gasteiger partial charge is 0.0779 e. The standard InChI is InChI=1S/C13H17BrClNO/c1-13(5-2-6-17-13)9-16-8-10-7-11(15)3-4-12(10)14/h3-4,7,16H,2,5-6,8-9H2,1H3. The normalized spacial score (nSPS) is 24.2. The number of hydrogen-bond donors (Lipinski definition) is 1. The molecule has 1 aromatic carbocycles. The Kier molecular flexibility index (Phi) is 4.47. The van der Waals surface area contributed by atoms with E-state index in [1.54, 1.807) is 0 Å². The van der Waals surface area contributed by atoms with Gasteiger partial charge < -0.3 is 10.1 Å². The summed E-state index contributed by atoms with van der Waals surface area (Å²) in [5.41, 5.74) is 1.18. The molecule has 0 radical (unpaired) electrons. The monoisotopic (exact) mass is 317 g/mol. The van der Waals surface area contributed by atoms with Crippen LogP contribution in [0.5, 0.6) is 0 Å². The van der Waals surface area contributed by atoms with E-state index in [0.717, 1.165) is 35.6 Å². The summed E-state index contributed by atoms with van der Waals surface area (Å²) in [6.07, 6.45) is 2.30. The molecule has 2 rings (SSSR count). The van der Waals surface area contributed by atoms with Crippen LogP contribution in [0.1, 0.15) is 25.3 Å². The van der Waals surface area contributed by atoms with Gasteiger partial charge in [-0.15, -0.1) is 0 Å². The number of nitrogens with one attached hydrogen (secondary N) is 1. The quantitative estimate of drug-likeness (QED) is 0.912. The van der Waals surface area contributed by atoms with E-state index >= 15 is 0 Å². The predicted octanol–water partition coefficient (Wildman–Crippen LogP) is 3.76. The molecule has 0 saturated carbocycles. The topological polar surface area (TPSA) is 21.3 Å². The summed E-state index contributed by atoms with van der Waals surface area (Å²) in [5, 5.41) is 4.21. The molecule has 0 spiro atoms. The molecule has 1 heterocycles. The van der Waals surface area contributed by atoms with Crippen molar-refractivity contribution in [2.75, 3.05) is 13.2 Å². The molecule has 1 fully saturated rings. The van der Waals surface area contributed by atoms with Crippen molar-refractivity contribution >= 4 is 27.5 Å². The van der Waals surface area contributed by atoms with Gasteiger partial charge in [-0.1, -0.05) is 27.5 Å². The average Bonchev–Trinajstić information content (AvgIpc) is 2.71. The molecule has 1 unspecified atom stereocenters. The van der Waals surface area contributed by atoms with Crippen LogP contribution >= 0.6 is 27.5 Å². The zero-order valence-corrected chi connectivity index (χ0v) is 12.3. The van der Waals surface area contributed by atoms with Crippen LogP contribution in [0.3, 0.4) is 0 Å². The Morgan fingerprint density at radius 1 is 1.53 bits per heavy atom. The van der Waals surface area contributed by atoms with Gasteiger partial charge in [-0.05, 0) is 43.5 Å². The molecule has 94 valence electrons. The first kappa shape index (κ1) is 13.3. The first-order valence-corrected chi connectivity index (χ1v) is 7.05. The van der Waals surface area contributed by atoms with E-state index in [1.165, 1.54) is 12.0 Å². The molecule has 2 nitrogen and oxygen atoms in total. The summed E-state index contributed by atoms with van der Waals surface area (Å²) in [6.45, 7) is 4.74. The highest BCUT2D eigenvalue weighted by molar-refractivity contribution is 9.10. The van der Waals surface area contributed by atoms with Gasteiger partial charge in [0.25, 0.3) is 0 Å². The van der Waals surface area contributed by atoms with E-state index in [1.807, 2.05) is 18.2 Å². The molecule has 4 heteroatoms. The van der Waals surface area contributed by atoms with Gasteiger partial charge in [0.2, 0.25) is 0 Å². The third-order valence-electron chi connectivity index (χ3n) is 3.12. The van der Waals surface area contributed by atoms with E-state index in [2.05, 4.69) is 28.2 Å². The van der Waals surface area contributed by atoms with Gasteiger partial charge in [0.05, 0.1) is 5.60 Å². The summed E-state index contributed by atoms with van der Waals surface area (Å²) in [5.74, 6) is 0. The fourth-order valence-electron chi connectivity index (χ4n) is 2.12. The Morgan fingerprint density at radius 3 is 3.06 bits per heavy atom. The van der Waals surface area contributed by atoms with Crippen LogP contribution in [-0.2, 0) is 11.3 Å². The molecule has 0 bridgehead atoms. The van der Waals surface area contributed by atoms with Crippen molar-refractivity contribution in [3.8, 4) is 0 Å². The Bertz CT molecular complexity index is 391. The van der Waals surface area contributed by atoms with Crippen LogP contribution < -0.4 is 5.32 Å². The molecule has 0 aromatic heterocycles. The van der Waals surface area contributed by atoms with Crippen LogP contribution in [0.2, 0.25) is 5.02 Å². The van der Waals surface area contributed by atoms with E-state index in [9.17, 15) is 0 Å². The third-order valence-corrected chi connectivity index (χ3v) is 4.13. The Balaban J connectivity index is 1.87. The van der Waals surface area contributed by atoms with Crippen LogP contribution in [0.4, 0.5) is 0 Å². The van der Waals surface area contributed by atoms with Crippen LogP contribution in [0.15, 0.2) is 22.7 Å². The van der Waals surface area contributed by atoms with Gasteiger partial charge in [-0.2, -0.15) is 0 Å². The summed E-state index contributed by atoms with van der Waals surface area (Å²) in [7, 11) is 0. The maximum Gasteiger partial charge on any atom is 0.0779 e. The first-order chi connectivity index (χ1) is 8.09. The summed E-state index contributed by atoms with van der Waals surface area (Å²) >= 11 is 9.50. The minimum absolute atomic E-state index is 0.00501. The first-order valence-electron chi connectivity index (χ1n) is 5.88. The lowest BCUT2D eigenvalue weighted by atomic mass is 10.0. The second-order valence-corrected chi connectivity index (χ2v) is 6.03. The molecule has 1 N–H and O–H groups in total. The number of rotatable bonds is 4. The molecule has 1 aliphatic heterocycles. The molecule has 0 aliphatic carbocycles. The van der Waals surface area contributed by atoms with Crippen LogP contribution in [0.25, 0.3) is 0 Å². The average molecular weight is 319 g/mol. The second-order valence-electron chi connectivity index (χ2n) is 4.74. The summed E-state index contributed by atoms with van der Waals surface area (Å²) in [6, 6.07) is 5.85. The van der Waals surface area contributed by atoms with Gasteiger partial charge in [0.1, 0.15) is 0 Å². The zero-order valence-electron chi connectivity index (χ0n) is 9.93.